The molecule has 0 radical (unpaired) electrons. The van der Waals surface area contributed by atoms with E-state index in [0.717, 1.165) is 5.69 Å². The predicted molar refractivity (Wildman–Crippen MR) is 68.6 cm³/mol. The Labute approximate surface area is 105 Å². The normalized spacial score (nSPS) is 10.3. The highest BCUT2D eigenvalue weighted by molar-refractivity contribution is 6.02. The molecular formula is C13H15N3O2. The highest BCUT2D eigenvalue weighted by atomic mass is 16.5. The first-order valence-corrected chi connectivity index (χ1v) is 5.55. The second kappa shape index (κ2) is 4.91. The maximum Gasteiger partial charge on any atom is 0.171 e. The summed E-state index contributed by atoms with van der Waals surface area (Å²) in [6.07, 6.45) is 2.04. The fraction of sp³-hybridized carbons (Fsp3) is 0.231. The Hall–Kier alpha value is -2.30. The number of ether oxygens (including phenoxy) is 1. The van der Waals surface area contributed by atoms with Gasteiger partial charge in [0.05, 0.1) is 19.2 Å². The number of nitrogens with two attached hydrogens (primary N) is 1. The number of nitrogen functional groups attached to an aromatic ring is 1. The average Bonchev–Trinajstić information content (AvgIpc) is 2.75. The minimum atomic E-state index is -0.0647. The SMILES string of the molecule is COc1ccc(N)c(C(=O)Cc2ccn(C)n2)c1. The molecule has 0 amide bonds. The van der Waals surface area contributed by atoms with Crippen LogP contribution in [0.3, 0.4) is 0 Å². The first-order chi connectivity index (χ1) is 8.60. The number of rotatable bonds is 4. The predicted octanol–water partition coefficient (Wildman–Crippen LogP) is 1.44. The maximum atomic E-state index is 12.1. The highest BCUT2D eigenvalue weighted by Gasteiger charge is 2.13. The van der Waals surface area contributed by atoms with Gasteiger partial charge in [0.25, 0.3) is 0 Å². The van der Waals surface area contributed by atoms with Crippen LogP contribution < -0.4 is 10.5 Å². The standard InChI is InChI=1S/C13H15N3O2/c1-16-6-5-9(15-16)7-13(17)11-8-10(18-2)3-4-12(11)14/h3-6,8H,7,14H2,1-2H3. The number of Topliss-reactive ketones (excluding diaryl/α,β-unsaturated/α-hetero) is 1. The topological polar surface area (TPSA) is 70.1 Å². The van der Waals surface area contributed by atoms with E-state index in [1.807, 2.05) is 13.1 Å². The summed E-state index contributed by atoms with van der Waals surface area (Å²) in [5.41, 5.74) is 7.46. The number of benzene rings is 1. The zero-order valence-electron chi connectivity index (χ0n) is 10.4. The molecule has 2 aromatic rings. The Morgan fingerprint density at radius 1 is 1.44 bits per heavy atom. The van der Waals surface area contributed by atoms with E-state index in [9.17, 15) is 4.79 Å². The van der Waals surface area contributed by atoms with E-state index in [-0.39, 0.29) is 12.2 Å². The number of carbonyl (C=O) groups excluding carboxylic acids is 1. The summed E-state index contributed by atoms with van der Waals surface area (Å²) in [5.74, 6) is 0.554. The summed E-state index contributed by atoms with van der Waals surface area (Å²) in [4.78, 5) is 12.1. The minimum Gasteiger partial charge on any atom is -0.497 e. The van der Waals surface area contributed by atoms with Crippen molar-refractivity contribution in [2.75, 3.05) is 12.8 Å². The van der Waals surface area contributed by atoms with Crippen molar-refractivity contribution < 1.29 is 9.53 Å². The van der Waals surface area contributed by atoms with Gasteiger partial charge in [-0.05, 0) is 24.3 Å². The lowest BCUT2D eigenvalue weighted by molar-refractivity contribution is 0.0992. The number of methoxy groups -OCH3 is 1. The first kappa shape index (κ1) is 12.2. The average molecular weight is 245 g/mol. The van der Waals surface area contributed by atoms with Crippen molar-refractivity contribution in [3.05, 3.63) is 41.7 Å². The summed E-state index contributed by atoms with van der Waals surface area (Å²) < 4.78 is 6.75. The number of anilines is 1. The van der Waals surface area contributed by atoms with Gasteiger partial charge in [-0.2, -0.15) is 5.10 Å². The lowest BCUT2D eigenvalue weighted by Gasteiger charge is -2.06. The molecule has 0 aliphatic rings. The Kier molecular flexibility index (Phi) is 3.32. The molecule has 1 aromatic carbocycles. The molecule has 0 spiro atoms. The Morgan fingerprint density at radius 2 is 2.22 bits per heavy atom. The van der Waals surface area contributed by atoms with Gasteiger partial charge in [0.1, 0.15) is 5.75 Å². The fourth-order valence-corrected chi connectivity index (χ4v) is 1.72. The van der Waals surface area contributed by atoms with Crippen molar-refractivity contribution in [2.45, 2.75) is 6.42 Å². The van der Waals surface area contributed by atoms with Gasteiger partial charge < -0.3 is 10.5 Å². The molecule has 0 aliphatic carbocycles. The number of aromatic nitrogens is 2. The molecule has 2 N–H and O–H groups in total. The summed E-state index contributed by atoms with van der Waals surface area (Å²) in [6, 6.07) is 6.87. The van der Waals surface area contributed by atoms with E-state index >= 15 is 0 Å². The maximum absolute atomic E-state index is 12.1. The molecule has 94 valence electrons. The molecule has 0 saturated carbocycles. The molecule has 5 heteroatoms. The highest BCUT2D eigenvalue weighted by Crippen LogP contribution is 2.20. The zero-order chi connectivity index (χ0) is 13.1. The summed E-state index contributed by atoms with van der Waals surface area (Å²) in [6.45, 7) is 0. The number of hydrogen-bond acceptors (Lipinski definition) is 4. The Morgan fingerprint density at radius 3 is 2.83 bits per heavy atom. The van der Waals surface area contributed by atoms with Crippen LogP contribution in [0.15, 0.2) is 30.5 Å². The number of nitrogens with zero attached hydrogens (tertiary/aromatic N) is 2. The molecule has 2 rings (SSSR count). The summed E-state index contributed by atoms with van der Waals surface area (Å²) in [7, 11) is 3.37. The summed E-state index contributed by atoms with van der Waals surface area (Å²) >= 11 is 0. The molecule has 0 atom stereocenters. The van der Waals surface area contributed by atoms with Crippen LogP contribution in [-0.4, -0.2) is 22.7 Å². The van der Waals surface area contributed by atoms with Crippen LogP contribution in [0.2, 0.25) is 0 Å². The molecule has 1 heterocycles. The van der Waals surface area contributed by atoms with E-state index in [0.29, 0.717) is 17.0 Å². The summed E-state index contributed by atoms with van der Waals surface area (Å²) in [5, 5.41) is 4.17. The molecule has 18 heavy (non-hydrogen) atoms. The van der Waals surface area contributed by atoms with Crippen molar-refractivity contribution >= 4 is 11.5 Å². The number of ketones is 1. The Balaban J connectivity index is 2.23. The van der Waals surface area contributed by atoms with Crippen LogP contribution in [0.5, 0.6) is 5.75 Å². The van der Waals surface area contributed by atoms with Crippen LogP contribution in [0.25, 0.3) is 0 Å². The van der Waals surface area contributed by atoms with E-state index in [1.54, 1.807) is 36.2 Å². The van der Waals surface area contributed by atoms with E-state index < -0.39 is 0 Å². The van der Waals surface area contributed by atoms with Crippen LogP contribution in [0.4, 0.5) is 5.69 Å². The fourth-order valence-electron chi connectivity index (χ4n) is 1.72. The van der Waals surface area contributed by atoms with E-state index in [1.165, 1.54) is 0 Å². The number of aryl methyl sites for hydroxylation is 1. The van der Waals surface area contributed by atoms with Gasteiger partial charge >= 0.3 is 0 Å². The van der Waals surface area contributed by atoms with Gasteiger partial charge in [-0.15, -0.1) is 0 Å². The molecule has 5 nitrogen and oxygen atoms in total. The molecule has 0 aliphatic heterocycles. The van der Waals surface area contributed by atoms with E-state index in [4.69, 9.17) is 10.5 Å². The van der Waals surface area contributed by atoms with Gasteiger partial charge in [0, 0.05) is 24.5 Å². The van der Waals surface area contributed by atoms with Crippen molar-refractivity contribution in [2.24, 2.45) is 7.05 Å². The second-order valence-electron chi connectivity index (χ2n) is 4.03. The molecular weight excluding hydrogens is 230 g/mol. The third-order valence-electron chi connectivity index (χ3n) is 2.67. The van der Waals surface area contributed by atoms with E-state index in [2.05, 4.69) is 5.10 Å². The van der Waals surface area contributed by atoms with Gasteiger partial charge in [0.2, 0.25) is 0 Å². The molecule has 0 fully saturated rings. The minimum absolute atomic E-state index is 0.0647. The van der Waals surface area contributed by atoms with Crippen molar-refractivity contribution in [1.29, 1.82) is 0 Å². The second-order valence-corrected chi connectivity index (χ2v) is 4.03. The van der Waals surface area contributed by atoms with Gasteiger partial charge in [-0.3, -0.25) is 9.48 Å². The lowest BCUT2D eigenvalue weighted by atomic mass is 10.0. The van der Waals surface area contributed by atoms with Gasteiger partial charge in [-0.1, -0.05) is 0 Å². The van der Waals surface area contributed by atoms with Crippen LogP contribution in [0.1, 0.15) is 16.1 Å². The van der Waals surface area contributed by atoms with Crippen LogP contribution >= 0.6 is 0 Å². The van der Waals surface area contributed by atoms with Crippen LogP contribution in [-0.2, 0) is 13.5 Å². The lowest BCUT2D eigenvalue weighted by Crippen LogP contribution is -2.08. The Bertz CT molecular complexity index is 575. The molecule has 1 aromatic heterocycles. The monoisotopic (exact) mass is 245 g/mol. The quantitative estimate of drug-likeness (QED) is 0.653. The smallest absolute Gasteiger partial charge is 0.171 e. The third-order valence-corrected chi connectivity index (χ3v) is 2.67. The van der Waals surface area contributed by atoms with Crippen molar-refractivity contribution in [3.63, 3.8) is 0 Å². The van der Waals surface area contributed by atoms with Crippen LogP contribution in [0, 0.1) is 0 Å². The number of carbonyl (C=O) groups is 1. The first-order valence-electron chi connectivity index (χ1n) is 5.55. The third kappa shape index (κ3) is 2.51. The van der Waals surface area contributed by atoms with Crippen molar-refractivity contribution in [1.82, 2.24) is 9.78 Å². The zero-order valence-corrected chi connectivity index (χ0v) is 10.4. The van der Waals surface area contributed by atoms with Crippen molar-refractivity contribution in [3.8, 4) is 5.75 Å². The van der Waals surface area contributed by atoms with Gasteiger partial charge in [0.15, 0.2) is 5.78 Å². The number of hydrogen-bond donors (Lipinski definition) is 1. The van der Waals surface area contributed by atoms with Gasteiger partial charge in [-0.25, -0.2) is 0 Å². The molecule has 0 unspecified atom stereocenters. The molecule has 0 bridgehead atoms. The largest absolute Gasteiger partial charge is 0.497 e. The molecule has 0 saturated heterocycles.